The van der Waals surface area contributed by atoms with Crippen molar-refractivity contribution >= 4 is 5.91 Å². The second-order valence-electron chi connectivity index (χ2n) is 4.00. The zero-order valence-electron chi connectivity index (χ0n) is 9.49. The van der Waals surface area contributed by atoms with Crippen molar-refractivity contribution in [2.75, 3.05) is 6.54 Å². The third kappa shape index (κ3) is 4.63. The van der Waals surface area contributed by atoms with Crippen LogP contribution in [0.1, 0.15) is 26.7 Å². The average Bonchev–Trinajstić information content (AvgIpc) is 2.46. The van der Waals surface area contributed by atoms with Crippen molar-refractivity contribution in [3.63, 3.8) is 0 Å². The Labute approximate surface area is 91.8 Å². The second-order valence-corrected chi connectivity index (χ2v) is 4.00. The summed E-state index contributed by atoms with van der Waals surface area (Å²) in [6, 6.07) is 0. The van der Waals surface area contributed by atoms with Gasteiger partial charge >= 0.3 is 0 Å². The number of carbonyl (C=O) groups is 1. The molecule has 0 saturated carbocycles. The first-order valence-corrected chi connectivity index (χ1v) is 5.50. The Morgan fingerprint density at radius 2 is 2.27 bits per heavy atom. The number of hydrogen-bond donors (Lipinski definition) is 1. The molecule has 1 amide bonds. The van der Waals surface area contributed by atoms with Gasteiger partial charge < -0.3 is 5.32 Å². The van der Waals surface area contributed by atoms with Crippen molar-refractivity contribution < 1.29 is 4.79 Å². The molecule has 0 bridgehead atoms. The van der Waals surface area contributed by atoms with Crippen LogP contribution in [0, 0.1) is 5.92 Å². The normalized spacial score (nSPS) is 15.0. The first kappa shape index (κ1) is 11.8. The minimum absolute atomic E-state index is 0.0727. The van der Waals surface area contributed by atoms with Gasteiger partial charge in [0.05, 0.1) is 0 Å². The number of allylic oxidation sites excluding steroid dienone is 5. The van der Waals surface area contributed by atoms with Crippen molar-refractivity contribution in [1.29, 1.82) is 0 Å². The third-order valence-corrected chi connectivity index (χ3v) is 2.29. The summed E-state index contributed by atoms with van der Waals surface area (Å²) in [6.45, 7) is 4.53. The summed E-state index contributed by atoms with van der Waals surface area (Å²) in [6.07, 6.45) is 12.5. The smallest absolute Gasteiger partial charge is 0.222 e. The second kappa shape index (κ2) is 6.23. The lowest BCUT2D eigenvalue weighted by Gasteiger charge is -2.07. The molecule has 0 aromatic rings. The lowest BCUT2D eigenvalue weighted by molar-refractivity contribution is -0.123. The van der Waals surface area contributed by atoms with Gasteiger partial charge in [0, 0.05) is 12.5 Å². The molecule has 1 N–H and O–H groups in total. The molecule has 1 aliphatic carbocycles. The van der Waals surface area contributed by atoms with E-state index in [1.165, 1.54) is 5.57 Å². The van der Waals surface area contributed by atoms with Crippen LogP contribution in [-0.2, 0) is 4.79 Å². The van der Waals surface area contributed by atoms with Crippen LogP contribution in [-0.4, -0.2) is 12.5 Å². The molecule has 0 fully saturated rings. The molecule has 2 nitrogen and oxygen atoms in total. The van der Waals surface area contributed by atoms with Crippen LogP contribution in [0.25, 0.3) is 0 Å². The first-order chi connectivity index (χ1) is 7.20. The van der Waals surface area contributed by atoms with Gasteiger partial charge in [-0.05, 0) is 18.4 Å². The molecule has 0 heterocycles. The fourth-order valence-corrected chi connectivity index (χ4v) is 1.32. The summed E-state index contributed by atoms with van der Waals surface area (Å²) >= 11 is 0. The van der Waals surface area contributed by atoms with Crippen molar-refractivity contribution in [2.45, 2.75) is 26.7 Å². The Kier molecular flexibility index (Phi) is 4.88. The minimum Gasteiger partial charge on any atom is -0.356 e. The number of hydrogen-bond acceptors (Lipinski definition) is 1. The van der Waals surface area contributed by atoms with Gasteiger partial charge in [-0.25, -0.2) is 0 Å². The monoisotopic (exact) mass is 205 g/mol. The molecule has 2 heteroatoms. The maximum absolute atomic E-state index is 11.3. The van der Waals surface area contributed by atoms with Crippen LogP contribution in [0.5, 0.6) is 0 Å². The van der Waals surface area contributed by atoms with E-state index in [0.717, 1.165) is 19.4 Å². The lowest BCUT2D eigenvalue weighted by atomic mass is 10.1. The van der Waals surface area contributed by atoms with E-state index >= 15 is 0 Å². The van der Waals surface area contributed by atoms with Gasteiger partial charge in [0.2, 0.25) is 5.91 Å². The molecule has 0 saturated heterocycles. The summed E-state index contributed by atoms with van der Waals surface area (Å²) in [7, 11) is 0. The van der Waals surface area contributed by atoms with E-state index in [1.807, 2.05) is 13.8 Å². The van der Waals surface area contributed by atoms with Crippen molar-refractivity contribution in [3.8, 4) is 0 Å². The fourth-order valence-electron chi connectivity index (χ4n) is 1.32. The summed E-state index contributed by atoms with van der Waals surface area (Å²) < 4.78 is 0. The van der Waals surface area contributed by atoms with E-state index in [0.29, 0.717) is 0 Å². The van der Waals surface area contributed by atoms with E-state index in [9.17, 15) is 4.79 Å². The van der Waals surface area contributed by atoms with Crippen molar-refractivity contribution in [2.24, 2.45) is 5.92 Å². The molecule has 0 aliphatic heterocycles. The van der Waals surface area contributed by atoms with Gasteiger partial charge in [-0.15, -0.1) is 0 Å². The van der Waals surface area contributed by atoms with E-state index in [1.54, 1.807) is 0 Å². The molecule has 0 atom stereocenters. The lowest BCUT2D eigenvalue weighted by Crippen LogP contribution is -2.28. The largest absolute Gasteiger partial charge is 0.356 e. The van der Waals surface area contributed by atoms with E-state index < -0.39 is 0 Å². The van der Waals surface area contributed by atoms with Gasteiger partial charge in [0.25, 0.3) is 0 Å². The molecule has 0 unspecified atom stereocenters. The first-order valence-electron chi connectivity index (χ1n) is 5.50. The molecular formula is C13H19NO. The summed E-state index contributed by atoms with van der Waals surface area (Å²) in [5.41, 5.74) is 1.27. The maximum Gasteiger partial charge on any atom is 0.222 e. The van der Waals surface area contributed by atoms with Crippen LogP contribution >= 0.6 is 0 Å². The summed E-state index contributed by atoms with van der Waals surface area (Å²) in [5, 5.41) is 2.91. The SMILES string of the molecule is CC(C)C(=O)NCCC1=CC=CCC=C1. The van der Waals surface area contributed by atoms with Crippen LogP contribution in [0.4, 0.5) is 0 Å². The molecule has 0 spiro atoms. The summed E-state index contributed by atoms with van der Waals surface area (Å²) in [4.78, 5) is 11.3. The zero-order chi connectivity index (χ0) is 11.1. The average molecular weight is 205 g/mol. The fraction of sp³-hybridized carbons (Fsp3) is 0.462. The predicted molar refractivity (Wildman–Crippen MR) is 63.4 cm³/mol. The number of carbonyl (C=O) groups excluding carboxylic acids is 1. The van der Waals surface area contributed by atoms with E-state index in [-0.39, 0.29) is 11.8 Å². The third-order valence-electron chi connectivity index (χ3n) is 2.29. The van der Waals surface area contributed by atoms with Crippen LogP contribution in [0.2, 0.25) is 0 Å². The Balaban J connectivity index is 2.28. The topological polar surface area (TPSA) is 29.1 Å². The van der Waals surface area contributed by atoms with E-state index in [4.69, 9.17) is 0 Å². The Morgan fingerprint density at radius 3 is 3.00 bits per heavy atom. The predicted octanol–water partition coefficient (Wildman–Crippen LogP) is 2.59. The highest BCUT2D eigenvalue weighted by Gasteiger charge is 2.05. The molecule has 1 aliphatic rings. The molecular weight excluding hydrogens is 186 g/mol. The van der Waals surface area contributed by atoms with Crippen molar-refractivity contribution in [3.05, 3.63) is 36.0 Å². The standard InChI is InChI=1S/C13H19NO/c1-11(2)13(15)14-10-9-12-7-5-3-4-6-8-12/h3,5-8,11H,4,9-10H2,1-2H3,(H,14,15). The highest BCUT2D eigenvalue weighted by molar-refractivity contribution is 5.77. The molecule has 15 heavy (non-hydrogen) atoms. The Hall–Kier alpha value is -1.31. The van der Waals surface area contributed by atoms with Gasteiger partial charge in [0.1, 0.15) is 0 Å². The molecule has 82 valence electrons. The number of nitrogens with one attached hydrogen (secondary N) is 1. The van der Waals surface area contributed by atoms with Crippen LogP contribution in [0.3, 0.4) is 0 Å². The van der Waals surface area contributed by atoms with Gasteiger partial charge in [-0.1, -0.05) is 44.2 Å². The van der Waals surface area contributed by atoms with Gasteiger partial charge in [-0.3, -0.25) is 4.79 Å². The molecule has 0 aromatic heterocycles. The Morgan fingerprint density at radius 1 is 1.47 bits per heavy atom. The maximum atomic E-state index is 11.3. The van der Waals surface area contributed by atoms with Crippen LogP contribution in [0.15, 0.2) is 36.0 Å². The molecule has 0 radical (unpaired) electrons. The number of rotatable bonds is 4. The quantitative estimate of drug-likeness (QED) is 0.751. The van der Waals surface area contributed by atoms with Crippen LogP contribution < -0.4 is 5.32 Å². The minimum atomic E-state index is 0.0727. The molecule has 0 aromatic carbocycles. The number of amides is 1. The highest BCUT2D eigenvalue weighted by atomic mass is 16.1. The summed E-state index contributed by atoms with van der Waals surface area (Å²) in [5.74, 6) is 0.201. The highest BCUT2D eigenvalue weighted by Crippen LogP contribution is 2.07. The van der Waals surface area contributed by atoms with Crippen molar-refractivity contribution in [1.82, 2.24) is 5.32 Å². The van der Waals surface area contributed by atoms with E-state index in [2.05, 4.69) is 35.7 Å². The van der Waals surface area contributed by atoms with Gasteiger partial charge in [-0.2, -0.15) is 0 Å². The van der Waals surface area contributed by atoms with Gasteiger partial charge in [0.15, 0.2) is 0 Å². The molecule has 1 rings (SSSR count). The zero-order valence-corrected chi connectivity index (χ0v) is 9.49. The Bertz CT molecular complexity index is 298.